The van der Waals surface area contributed by atoms with Crippen molar-refractivity contribution < 1.29 is 9.53 Å². The number of nitrogens with one attached hydrogen (secondary N) is 2. The van der Waals surface area contributed by atoms with E-state index in [2.05, 4.69) is 61.2 Å². The first kappa shape index (κ1) is 25.3. The predicted molar refractivity (Wildman–Crippen MR) is 152 cm³/mol. The Morgan fingerprint density at radius 1 is 1.05 bits per heavy atom. The standard InChI is InChI=1S/C29H31N7O2/c1-3-27(37)32-23-11-12-30-26(19-23)25-6-4-5-21-20-31-29(34-28(21)25)33-22-7-9-24(10-8-22)36-15-13-35(14-16-36)17-18-38-2/h3-12,19-20H,1,13-18H2,2H3,(H,30,32,37)(H,31,33,34). The van der Waals surface area contributed by atoms with Gasteiger partial charge in [-0.3, -0.25) is 14.7 Å². The van der Waals surface area contributed by atoms with Gasteiger partial charge in [0.2, 0.25) is 11.9 Å². The predicted octanol–water partition coefficient (Wildman–Crippen LogP) is 4.33. The first-order valence-corrected chi connectivity index (χ1v) is 12.6. The van der Waals surface area contributed by atoms with Crippen molar-refractivity contribution in [2.75, 3.05) is 62.0 Å². The first-order valence-electron chi connectivity index (χ1n) is 12.6. The SMILES string of the molecule is C=CC(=O)Nc1ccnc(-c2cccc3cnc(Nc4ccc(N5CCN(CCOC)CC5)cc4)nc23)c1. The lowest BCUT2D eigenvalue weighted by molar-refractivity contribution is -0.111. The number of carbonyl (C=O) groups is 1. The maximum Gasteiger partial charge on any atom is 0.247 e. The van der Waals surface area contributed by atoms with Gasteiger partial charge in [0.1, 0.15) is 0 Å². The minimum Gasteiger partial charge on any atom is -0.383 e. The number of hydrogen-bond acceptors (Lipinski definition) is 8. The molecule has 0 saturated carbocycles. The number of anilines is 4. The highest BCUT2D eigenvalue weighted by atomic mass is 16.5. The third-order valence-electron chi connectivity index (χ3n) is 6.57. The van der Waals surface area contributed by atoms with Crippen molar-refractivity contribution in [2.24, 2.45) is 0 Å². The summed E-state index contributed by atoms with van der Waals surface area (Å²) in [5, 5.41) is 7.01. The molecule has 2 N–H and O–H groups in total. The Morgan fingerprint density at radius 2 is 1.87 bits per heavy atom. The van der Waals surface area contributed by atoms with Gasteiger partial charge in [-0.2, -0.15) is 0 Å². The van der Waals surface area contributed by atoms with Gasteiger partial charge in [0.15, 0.2) is 0 Å². The number of carbonyl (C=O) groups excluding carboxylic acids is 1. The van der Waals surface area contributed by atoms with Gasteiger partial charge in [-0.15, -0.1) is 0 Å². The highest BCUT2D eigenvalue weighted by molar-refractivity contribution is 5.99. The van der Waals surface area contributed by atoms with E-state index in [-0.39, 0.29) is 5.91 Å². The molecule has 1 fully saturated rings. The number of ether oxygens (including phenoxy) is 1. The number of amides is 1. The topological polar surface area (TPSA) is 95.5 Å². The van der Waals surface area contributed by atoms with Crippen LogP contribution in [0.2, 0.25) is 0 Å². The lowest BCUT2D eigenvalue weighted by Gasteiger charge is -2.36. The molecule has 2 aromatic heterocycles. The van der Waals surface area contributed by atoms with E-state index in [1.54, 1.807) is 25.6 Å². The van der Waals surface area contributed by atoms with Gasteiger partial charge in [0, 0.05) is 80.2 Å². The number of methoxy groups -OCH3 is 1. The molecule has 194 valence electrons. The molecule has 0 unspecified atom stereocenters. The summed E-state index contributed by atoms with van der Waals surface area (Å²) in [7, 11) is 1.75. The van der Waals surface area contributed by atoms with Crippen LogP contribution in [0.1, 0.15) is 0 Å². The fourth-order valence-corrected chi connectivity index (χ4v) is 4.51. The lowest BCUT2D eigenvalue weighted by atomic mass is 10.1. The number of nitrogens with zero attached hydrogens (tertiary/aromatic N) is 5. The molecule has 9 heteroatoms. The summed E-state index contributed by atoms with van der Waals surface area (Å²) in [6, 6.07) is 17.8. The number of piperazine rings is 1. The molecule has 0 bridgehead atoms. The molecule has 5 rings (SSSR count). The quantitative estimate of drug-likeness (QED) is 0.322. The Labute approximate surface area is 222 Å². The number of pyridine rings is 1. The highest BCUT2D eigenvalue weighted by Crippen LogP contribution is 2.29. The molecule has 0 spiro atoms. The normalized spacial score (nSPS) is 13.9. The molecule has 4 aromatic rings. The van der Waals surface area contributed by atoms with Gasteiger partial charge in [0.25, 0.3) is 0 Å². The van der Waals surface area contributed by atoms with Gasteiger partial charge in [-0.05, 0) is 42.5 Å². The van der Waals surface area contributed by atoms with Crippen LogP contribution in [0.5, 0.6) is 0 Å². The molecule has 1 aliphatic rings. The maximum atomic E-state index is 11.7. The lowest BCUT2D eigenvalue weighted by Crippen LogP contribution is -2.47. The van der Waals surface area contributed by atoms with Crippen molar-refractivity contribution in [3.63, 3.8) is 0 Å². The summed E-state index contributed by atoms with van der Waals surface area (Å²) in [5.41, 5.74) is 5.08. The Hall–Kier alpha value is -4.34. The van der Waals surface area contributed by atoms with E-state index >= 15 is 0 Å². The molecular weight excluding hydrogens is 478 g/mol. The summed E-state index contributed by atoms with van der Waals surface area (Å²) in [6.07, 6.45) is 4.70. The van der Waals surface area contributed by atoms with Crippen molar-refractivity contribution in [3.05, 3.63) is 79.6 Å². The van der Waals surface area contributed by atoms with Crippen LogP contribution in [-0.2, 0) is 9.53 Å². The number of hydrogen-bond donors (Lipinski definition) is 2. The number of para-hydroxylation sites is 1. The van der Waals surface area contributed by atoms with Gasteiger partial charge in [0.05, 0.1) is 17.8 Å². The van der Waals surface area contributed by atoms with E-state index in [4.69, 9.17) is 9.72 Å². The highest BCUT2D eigenvalue weighted by Gasteiger charge is 2.17. The van der Waals surface area contributed by atoms with E-state index in [1.165, 1.54) is 11.8 Å². The number of benzene rings is 2. The Balaban J connectivity index is 1.31. The average molecular weight is 510 g/mol. The third kappa shape index (κ3) is 5.96. The van der Waals surface area contributed by atoms with E-state index in [0.717, 1.165) is 61.5 Å². The fourth-order valence-electron chi connectivity index (χ4n) is 4.51. The zero-order chi connectivity index (χ0) is 26.3. The van der Waals surface area contributed by atoms with E-state index < -0.39 is 0 Å². The molecule has 3 heterocycles. The van der Waals surface area contributed by atoms with Gasteiger partial charge >= 0.3 is 0 Å². The molecule has 0 radical (unpaired) electrons. The maximum absolute atomic E-state index is 11.7. The van der Waals surface area contributed by atoms with Crippen LogP contribution in [0, 0.1) is 0 Å². The molecule has 0 atom stereocenters. The minimum atomic E-state index is -0.274. The third-order valence-corrected chi connectivity index (χ3v) is 6.57. The van der Waals surface area contributed by atoms with Crippen LogP contribution in [0.4, 0.5) is 23.0 Å². The van der Waals surface area contributed by atoms with Crippen LogP contribution >= 0.6 is 0 Å². The molecule has 38 heavy (non-hydrogen) atoms. The van der Waals surface area contributed by atoms with Crippen molar-refractivity contribution in [1.29, 1.82) is 0 Å². The van der Waals surface area contributed by atoms with Crippen LogP contribution in [0.15, 0.2) is 79.6 Å². The van der Waals surface area contributed by atoms with Crippen LogP contribution in [0.25, 0.3) is 22.2 Å². The monoisotopic (exact) mass is 509 g/mol. The first-order chi connectivity index (χ1) is 18.6. The molecule has 2 aromatic carbocycles. The fraction of sp³-hybridized carbons (Fsp3) is 0.241. The Kier molecular flexibility index (Phi) is 7.86. The zero-order valence-electron chi connectivity index (χ0n) is 21.4. The Bertz CT molecular complexity index is 1420. The van der Waals surface area contributed by atoms with Gasteiger partial charge < -0.3 is 20.3 Å². The molecule has 9 nitrogen and oxygen atoms in total. The van der Waals surface area contributed by atoms with E-state index in [1.807, 2.05) is 24.3 Å². The Morgan fingerprint density at radius 3 is 2.63 bits per heavy atom. The van der Waals surface area contributed by atoms with E-state index in [0.29, 0.717) is 17.3 Å². The van der Waals surface area contributed by atoms with Crippen LogP contribution in [-0.4, -0.2) is 72.2 Å². The molecule has 0 aliphatic carbocycles. The van der Waals surface area contributed by atoms with Gasteiger partial charge in [-0.1, -0.05) is 24.8 Å². The average Bonchev–Trinajstić information content (AvgIpc) is 2.96. The van der Waals surface area contributed by atoms with Crippen LogP contribution in [0.3, 0.4) is 0 Å². The molecular formula is C29H31N7O2. The largest absolute Gasteiger partial charge is 0.383 e. The summed E-state index contributed by atoms with van der Waals surface area (Å²) in [4.78, 5) is 30.4. The summed E-state index contributed by atoms with van der Waals surface area (Å²) >= 11 is 0. The number of fused-ring (bicyclic) bond motifs is 1. The summed E-state index contributed by atoms with van der Waals surface area (Å²) < 4.78 is 5.20. The smallest absolute Gasteiger partial charge is 0.247 e. The van der Waals surface area contributed by atoms with E-state index in [9.17, 15) is 4.79 Å². The molecule has 1 saturated heterocycles. The summed E-state index contributed by atoms with van der Waals surface area (Å²) in [5.74, 6) is 0.227. The van der Waals surface area contributed by atoms with Crippen LogP contribution < -0.4 is 15.5 Å². The van der Waals surface area contributed by atoms with Crippen molar-refractivity contribution in [3.8, 4) is 11.3 Å². The van der Waals surface area contributed by atoms with Crippen molar-refractivity contribution >= 4 is 39.8 Å². The second kappa shape index (κ2) is 11.8. The van der Waals surface area contributed by atoms with Crippen molar-refractivity contribution in [1.82, 2.24) is 19.9 Å². The van der Waals surface area contributed by atoms with Crippen molar-refractivity contribution in [2.45, 2.75) is 0 Å². The second-order valence-electron chi connectivity index (χ2n) is 9.05. The molecule has 1 aliphatic heterocycles. The van der Waals surface area contributed by atoms with Gasteiger partial charge in [-0.25, -0.2) is 9.97 Å². The molecule has 1 amide bonds. The summed E-state index contributed by atoms with van der Waals surface area (Å²) in [6.45, 7) is 9.33. The minimum absolute atomic E-state index is 0.274. The second-order valence-corrected chi connectivity index (χ2v) is 9.05. The zero-order valence-corrected chi connectivity index (χ0v) is 21.4. The number of aromatic nitrogens is 3. The number of rotatable bonds is 9.